The fourth-order valence-electron chi connectivity index (χ4n) is 3.42. The molecule has 5 heteroatoms. The number of hydrogen-bond donors (Lipinski definition) is 0. The van der Waals surface area contributed by atoms with Gasteiger partial charge in [0.2, 0.25) is 0 Å². The molecular weight excluding hydrogens is 322 g/mol. The van der Waals surface area contributed by atoms with Crippen LogP contribution in [0.3, 0.4) is 0 Å². The van der Waals surface area contributed by atoms with Crippen LogP contribution in [-0.4, -0.2) is 21.9 Å². The third-order valence-corrected chi connectivity index (χ3v) is 4.60. The van der Waals surface area contributed by atoms with Gasteiger partial charge in [0.1, 0.15) is 17.7 Å². The van der Waals surface area contributed by atoms with Crippen LogP contribution in [0, 0.1) is 11.6 Å². The van der Waals surface area contributed by atoms with Gasteiger partial charge in [-0.1, -0.05) is 30.3 Å². The first kappa shape index (κ1) is 15.6. The molecule has 0 saturated carbocycles. The average Bonchev–Trinajstić information content (AvgIpc) is 3.10. The number of carbonyl (C=O) groups is 1. The summed E-state index contributed by atoms with van der Waals surface area (Å²) >= 11 is 0. The lowest BCUT2D eigenvalue weighted by Gasteiger charge is -2.37. The minimum atomic E-state index is -0.586. The Labute approximate surface area is 144 Å². The first-order chi connectivity index (χ1) is 12.2. The Hall–Kier alpha value is -2.95. The van der Waals surface area contributed by atoms with Gasteiger partial charge in [-0.15, -0.1) is 0 Å². The van der Waals surface area contributed by atoms with Gasteiger partial charge in [-0.05, 0) is 30.3 Å². The lowest BCUT2D eigenvalue weighted by molar-refractivity contribution is 0.0656. The zero-order valence-electron chi connectivity index (χ0n) is 13.4. The van der Waals surface area contributed by atoms with E-state index in [0.717, 1.165) is 5.69 Å². The van der Waals surface area contributed by atoms with Crippen molar-refractivity contribution >= 4 is 5.91 Å². The van der Waals surface area contributed by atoms with E-state index in [-0.39, 0.29) is 11.4 Å². The summed E-state index contributed by atoms with van der Waals surface area (Å²) in [5.41, 5.74) is 1.23. The molecule has 1 aliphatic rings. The summed E-state index contributed by atoms with van der Waals surface area (Å²) in [7, 11) is 0. The van der Waals surface area contributed by atoms with Crippen LogP contribution in [0.25, 0.3) is 0 Å². The fourth-order valence-corrected chi connectivity index (χ4v) is 3.42. The molecule has 1 atom stereocenters. The second kappa shape index (κ2) is 6.16. The minimum Gasteiger partial charge on any atom is -0.348 e. The molecule has 25 heavy (non-hydrogen) atoms. The van der Waals surface area contributed by atoms with E-state index in [0.29, 0.717) is 18.7 Å². The van der Waals surface area contributed by atoms with Gasteiger partial charge < -0.3 is 9.47 Å². The highest BCUT2D eigenvalue weighted by atomic mass is 19.1. The topological polar surface area (TPSA) is 25.2 Å². The minimum absolute atomic E-state index is 0.00356. The van der Waals surface area contributed by atoms with E-state index in [1.54, 1.807) is 35.2 Å². The highest BCUT2D eigenvalue weighted by Gasteiger charge is 2.34. The van der Waals surface area contributed by atoms with E-state index in [2.05, 4.69) is 0 Å². The molecule has 2 heterocycles. The Morgan fingerprint density at radius 2 is 1.60 bits per heavy atom. The largest absolute Gasteiger partial charge is 0.348 e. The number of rotatable bonds is 2. The van der Waals surface area contributed by atoms with Crippen molar-refractivity contribution in [1.82, 2.24) is 9.47 Å². The van der Waals surface area contributed by atoms with Gasteiger partial charge in [-0.2, -0.15) is 0 Å². The first-order valence-electron chi connectivity index (χ1n) is 8.12. The predicted octanol–water partition coefficient (Wildman–Crippen LogP) is 4.01. The van der Waals surface area contributed by atoms with E-state index < -0.39 is 17.8 Å². The zero-order chi connectivity index (χ0) is 17.4. The van der Waals surface area contributed by atoms with Gasteiger partial charge in [0.05, 0.1) is 5.56 Å². The molecule has 4 rings (SSSR count). The first-order valence-corrected chi connectivity index (χ1v) is 8.12. The molecule has 0 spiro atoms. The standard InChI is InChI=1S/C20H16F2N2O/c21-16-8-3-1-6-14(16)19-18-10-5-11-23(18)12-13-24(19)20(25)15-7-2-4-9-17(15)22/h1-11,19H,12-13H2/t19-/m0/s1. The maximum atomic E-state index is 14.5. The summed E-state index contributed by atoms with van der Waals surface area (Å²) in [5.74, 6) is -1.38. The van der Waals surface area contributed by atoms with Crippen molar-refractivity contribution in [2.24, 2.45) is 0 Å². The summed E-state index contributed by atoms with van der Waals surface area (Å²) in [4.78, 5) is 14.5. The molecule has 2 aromatic carbocycles. The van der Waals surface area contributed by atoms with Crippen molar-refractivity contribution in [3.63, 3.8) is 0 Å². The summed E-state index contributed by atoms with van der Waals surface area (Å²) in [5, 5.41) is 0. The van der Waals surface area contributed by atoms with E-state index >= 15 is 0 Å². The number of halogens is 2. The number of carbonyl (C=O) groups excluding carboxylic acids is 1. The third kappa shape index (κ3) is 2.61. The Morgan fingerprint density at radius 1 is 0.880 bits per heavy atom. The Bertz CT molecular complexity index is 935. The molecule has 126 valence electrons. The Kier molecular flexibility index (Phi) is 3.84. The highest BCUT2D eigenvalue weighted by Crippen LogP contribution is 2.34. The molecular formula is C20H16F2N2O. The second-order valence-corrected chi connectivity index (χ2v) is 6.03. The summed E-state index contributed by atoms with van der Waals surface area (Å²) in [6.07, 6.45) is 1.91. The molecule has 1 amide bonds. The molecule has 0 saturated heterocycles. The Balaban J connectivity index is 1.83. The molecule has 0 bridgehead atoms. The summed E-state index contributed by atoms with van der Waals surface area (Å²) in [6, 6.07) is 15.5. The van der Waals surface area contributed by atoms with Crippen LogP contribution < -0.4 is 0 Å². The van der Waals surface area contributed by atoms with E-state index in [9.17, 15) is 13.6 Å². The van der Waals surface area contributed by atoms with E-state index in [1.165, 1.54) is 18.2 Å². The van der Waals surface area contributed by atoms with Gasteiger partial charge in [0.25, 0.3) is 5.91 Å². The van der Waals surface area contributed by atoms with Crippen LogP contribution in [0.4, 0.5) is 8.78 Å². The lowest BCUT2D eigenvalue weighted by atomic mass is 9.98. The van der Waals surface area contributed by atoms with Crippen molar-refractivity contribution in [3.05, 3.63) is 95.3 Å². The van der Waals surface area contributed by atoms with E-state index in [4.69, 9.17) is 0 Å². The van der Waals surface area contributed by atoms with Gasteiger partial charge in [-0.3, -0.25) is 4.79 Å². The lowest BCUT2D eigenvalue weighted by Crippen LogP contribution is -2.43. The number of amides is 1. The smallest absolute Gasteiger partial charge is 0.257 e. The zero-order valence-corrected chi connectivity index (χ0v) is 13.4. The van der Waals surface area contributed by atoms with Crippen molar-refractivity contribution in [2.45, 2.75) is 12.6 Å². The maximum Gasteiger partial charge on any atom is 0.257 e. The number of nitrogens with zero attached hydrogens (tertiary/aromatic N) is 2. The highest BCUT2D eigenvalue weighted by molar-refractivity contribution is 5.95. The molecule has 0 fully saturated rings. The predicted molar refractivity (Wildman–Crippen MR) is 90.1 cm³/mol. The SMILES string of the molecule is O=C(c1ccccc1F)N1CCn2cccc2[C@@H]1c1ccccc1F. The normalized spacial score (nSPS) is 16.6. The number of benzene rings is 2. The maximum absolute atomic E-state index is 14.5. The van der Waals surface area contributed by atoms with Crippen LogP contribution >= 0.6 is 0 Å². The molecule has 1 aliphatic heterocycles. The molecule has 0 radical (unpaired) electrons. The fraction of sp³-hybridized carbons (Fsp3) is 0.150. The van der Waals surface area contributed by atoms with Crippen LogP contribution in [0.1, 0.15) is 27.7 Å². The number of aromatic nitrogens is 1. The van der Waals surface area contributed by atoms with Crippen molar-refractivity contribution in [2.75, 3.05) is 6.54 Å². The van der Waals surface area contributed by atoms with Crippen LogP contribution in [-0.2, 0) is 6.54 Å². The quantitative estimate of drug-likeness (QED) is 0.693. The average molecular weight is 338 g/mol. The van der Waals surface area contributed by atoms with Crippen LogP contribution in [0.15, 0.2) is 66.9 Å². The van der Waals surface area contributed by atoms with Crippen LogP contribution in [0.5, 0.6) is 0 Å². The van der Waals surface area contributed by atoms with Crippen LogP contribution in [0.2, 0.25) is 0 Å². The van der Waals surface area contributed by atoms with Gasteiger partial charge in [0.15, 0.2) is 0 Å². The third-order valence-electron chi connectivity index (χ3n) is 4.60. The number of fused-ring (bicyclic) bond motifs is 1. The van der Waals surface area contributed by atoms with E-state index in [1.807, 2.05) is 22.9 Å². The molecule has 0 N–H and O–H groups in total. The molecule has 0 unspecified atom stereocenters. The van der Waals surface area contributed by atoms with Crippen molar-refractivity contribution < 1.29 is 13.6 Å². The van der Waals surface area contributed by atoms with Crippen molar-refractivity contribution in [3.8, 4) is 0 Å². The Morgan fingerprint density at radius 3 is 2.36 bits per heavy atom. The summed E-state index contributed by atoms with van der Waals surface area (Å²) < 4.78 is 30.6. The molecule has 3 nitrogen and oxygen atoms in total. The van der Waals surface area contributed by atoms with Crippen molar-refractivity contribution in [1.29, 1.82) is 0 Å². The summed E-state index contributed by atoms with van der Waals surface area (Å²) in [6.45, 7) is 0.974. The van der Waals surface area contributed by atoms with Gasteiger partial charge in [0, 0.05) is 30.5 Å². The molecule has 1 aromatic heterocycles. The molecule has 0 aliphatic carbocycles. The van der Waals surface area contributed by atoms with Gasteiger partial charge >= 0.3 is 0 Å². The number of hydrogen-bond acceptors (Lipinski definition) is 1. The monoisotopic (exact) mass is 338 g/mol. The second-order valence-electron chi connectivity index (χ2n) is 6.03. The molecule has 3 aromatic rings. The van der Waals surface area contributed by atoms with Gasteiger partial charge in [-0.25, -0.2) is 8.78 Å².